The molecule has 0 amide bonds. The Hall–Kier alpha value is -1.00. The summed E-state index contributed by atoms with van der Waals surface area (Å²) in [6.07, 6.45) is 6.59. The fraction of sp³-hybridized carbons (Fsp3) is 0.647. The first kappa shape index (κ1) is 16.4. The molecule has 1 aliphatic rings. The molecule has 0 radical (unpaired) electrons. The lowest BCUT2D eigenvalue weighted by Gasteiger charge is -2.19. The van der Waals surface area contributed by atoms with Crippen LogP contribution in [0, 0.1) is 11.6 Å². The van der Waals surface area contributed by atoms with Crippen LogP contribution in [0.3, 0.4) is 0 Å². The van der Waals surface area contributed by atoms with E-state index >= 15 is 0 Å². The van der Waals surface area contributed by atoms with Gasteiger partial charge in [-0.15, -0.1) is 0 Å². The second-order valence-electron chi connectivity index (χ2n) is 5.80. The van der Waals surface area contributed by atoms with Crippen LogP contribution in [0.4, 0.5) is 8.78 Å². The highest BCUT2D eigenvalue weighted by atomic mass is 19.1. The molecule has 0 aromatic heterocycles. The molecule has 0 spiro atoms. The molecule has 2 atom stereocenters. The van der Waals surface area contributed by atoms with Crippen LogP contribution in [-0.2, 0) is 11.2 Å². The molecule has 1 saturated heterocycles. The quantitative estimate of drug-likeness (QED) is 0.787. The van der Waals surface area contributed by atoms with Crippen molar-refractivity contribution in [3.63, 3.8) is 0 Å². The fourth-order valence-corrected chi connectivity index (χ4v) is 3.04. The van der Waals surface area contributed by atoms with Gasteiger partial charge in [-0.3, -0.25) is 0 Å². The average Bonchev–Trinajstić information content (AvgIpc) is 2.91. The van der Waals surface area contributed by atoms with E-state index in [1.54, 1.807) is 0 Å². The predicted octanol–water partition coefficient (Wildman–Crippen LogP) is 3.83. The molecule has 1 N–H and O–H groups in total. The molecular formula is C17H25F2NO. The molecule has 1 fully saturated rings. The fourth-order valence-electron chi connectivity index (χ4n) is 3.04. The Morgan fingerprint density at radius 2 is 2.05 bits per heavy atom. The summed E-state index contributed by atoms with van der Waals surface area (Å²) in [4.78, 5) is 0. The van der Waals surface area contributed by atoms with E-state index in [0.29, 0.717) is 12.5 Å². The molecule has 118 valence electrons. The molecule has 1 heterocycles. The molecule has 1 aliphatic heterocycles. The molecule has 0 aliphatic carbocycles. The number of rotatable bonds is 8. The number of hydrogen-bond donors (Lipinski definition) is 1. The molecule has 2 nitrogen and oxygen atoms in total. The van der Waals surface area contributed by atoms with Crippen molar-refractivity contribution in [1.82, 2.24) is 5.32 Å². The summed E-state index contributed by atoms with van der Waals surface area (Å²) in [5.74, 6) is -1.00. The molecule has 21 heavy (non-hydrogen) atoms. The molecule has 1 aromatic rings. The lowest BCUT2D eigenvalue weighted by molar-refractivity contribution is 0.101. The van der Waals surface area contributed by atoms with Crippen LogP contribution < -0.4 is 5.32 Å². The maximum atomic E-state index is 13.2. The monoisotopic (exact) mass is 297 g/mol. The maximum absolute atomic E-state index is 13.2. The summed E-state index contributed by atoms with van der Waals surface area (Å²) >= 11 is 0. The summed E-state index contributed by atoms with van der Waals surface area (Å²) in [5.41, 5.74) is 0.718. The minimum Gasteiger partial charge on any atom is -0.378 e. The van der Waals surface area contributed by atoms with Crippen molar-refractivity contribution in [1.29, 1.82) is 0 Å². The highest BCUT2D eigenvalue weighted by molar-refractivity contribution is 5.19. The van der Waals surface area contributed by atoms with Gasteiger partial charge < -0.3 is 10.1 Å². The minimum atomic E-state index is -0.500. The van der Waals surface area contributed by atoms with Crippen LogP contribution in [-0.4, -0.2) is 25.3 Å². The Kier molecular flexibility index (Phi) is 6.58. The average molecular weight is 297 g/mol. The van der Waals surface area contributed by atoms with Gasteiger partial charge in [-0.25, -0.2) is 8.78 Å². The summed E-state index contributed by atoms with van der Waals surface area (Å²) < 4.78 is 32.1. The zero-order chi connectivity index (χ0) is 15.1. The molecular weight excluding hydrogens is 272 g/mol. The SMILES string of the molecule is CCNC(CCCC1CCCO1)Cc1cc(F)cc(F)c1. The normalized spacial score (nSPS) is 19.9. The number of likely N-dealkylation sites (N-methyl/N-ethyl adjacent to an activating group) is 1. The van der Waals surface area contributed by atoms with Crippen molar-refractivity contribution >= 4 is 0 Å². The van der Waals surface area contributed by atoms with Crippen LogP contribution >= 0.6 is 0 Å². The Balaban J connectivity index is 1.82. The standard InChI is InChI=1S/C17H25F2NO/c1-2-20-16(5-3-6-17-7-4-8-21-17)11-13-9-14(18)12-15(19)10-13/h9-10,12,16-17,20H,2-8,11H2,1H3. The number of hydrogen-bond acceptors (Lipinski definition) is 2. The van der Waals surface area contributed by atoms with Crippen molar-refractivity contribution in [3.8, 4) is 0 Å². The van der Waals surface area contributed by atoms with Gasteiger partial charge in [-0.05, 0) is 62.8 Å². The summed E-state index contributed by atoms with van der Waals surface area (Å²) in [5, 5.41) is 3.41. The topological polar surface area (TPSA) is 21.3 Å². The van der Waals surface area contributed by atoms with E-state index in [4.69, 9.17) is 4.74 Å². The Bertz CT molecular complexity index is 413. The first-order chi connectivity index (χ1) is 10.2. The third kappa shape index (κ3) is 5.71. The Labute approximate surface area is 125 Å². The van der Waals surface area contributed by atoms with Gasteiger partial charge >= 0.3 is 0 Å². The van der Waals surface area contributed by atoms with Crippen LogP contribution in [0.15, 0.2) is 18.2 Å². The third-order valence-electron chi connectivity index (χ3n) is 4.00. The molecule has 0 saturated carbocycles. The lowest BCUT2D eigenvalue weighted by atomic mass is 9.99. The van der Waals surface area contributed by atoms with Crippen LogP contribution in [0.5, 0.6) is 0 Å². The van der Waals surface area contributed by atoms with Gasteiger partial charge in [-0.1, -0.05) is 6.92 Å². The van der Waals surface area contributed by atoms with Gasteiger partial charge in [0.15, 0.2) is 0 Å². The van der Waals surface area contributed by atoms with Crippen LogP contribution in [0.1, 0.15) is 44.6 Å². The van der Waals surface area contributed by atoms with E-state index in [1.807, 2.05) is 0 Å². The van der Waals surface area contributed by atoms with E-state index in [0.717, 1.165) is 44.0 Å². The van der Waals surface area contributed by atoms with Crippen LogP contribution in [0.2, 0.25) is 0 Å². The lowest BCUT2D eigenvalue weighted by Crippen LogP contribution is -2.31. The van der Waals surface area contributed by atoms with Gasteiger partial charge in [0, 0.05) is 18.7 Å². The zero-order valence-corrected chi connectivity index (χ0v) is 12.7. The third-order valence-corrected chi connectivity index (χ3v) is 4.00. The van der Waals surface area contributed by atoms with Crippen molar-refractivity contribution < 1.29 is 13.5 Å². The highest BCUT2D eigenvalue weighted by Gasteiger charge is 2.16. The number of nitrogens with one attached hydrogen (secondary N) is 1. The number of halogens is 2. The second-order valence-corrected chi connectivity index (χ2v) is 5.80. The summed E-state index contributed by atoms with van der Waals surface area (Å²) in [6, 6.07) is 4.03. The van der Waals surface area contributed by atoms with Gasteiger partial charge in [0.05, 0.1) is 6.10 Å². The molecule has 0 bridgehead atoms. The number of ether oxygens (including phenoxy) is 1. The van der Waals surface area contributed by atoms with E-state index < -0.39 is 11.6 Å². The minimum absolute atomic E-state index is 0.262. The van der Waals surface area contributed by atoms with E-state index in [-0.39, 0.29) is 6.04 Å². The smallest absolute Gasteiger partial charge is 0.126 e. The summed E-state index contributed by atoms with van der Waals surface area (Å²) in [6.45, 7) is 3.81. The van der Waals surface area contributed by atoms with Crippen LogP contribution in [0.25, 0.3) is 0 Å². The highest BCUT2D eigenvalue weighted by Crippen LogP contribution is 2.19. The van der Waals surface area contributed by atoms with Crippen molar-refractivity contribution in [2.45, 2.75) is 57.6 Å². The molecule has 2 rings (SSSR count). The van der Waals surface area contributed by atoms with Crippen molar-refractivity contribution in [2.75, 3.05) is 13.2 Å². The van der Waals surface area contributed by atoms with E-state index in [9.17, 15) is 8.78 Å². The second kappa shape index (κ2) is 8.44. The first-order valence-electron chi connectivity index (χ1n) is 7.97. The number of benzene rings is 1. The Morgan fingerprint density at radius 3 is 2.67 bits per heavy atom. The zero-order valence-electron chi connectivity index (χ0n) is 12.7. The van der Waals surface area contributed by atoms with Gasteiger partial charge in [0.2, 0.25) is 0 Å². The predicted molar refractivity (Wildman–Crippen MR) is 80.4 cm³/mol. The van der Waals surface area contributed by atoms with Crippen molar-refractivity contribution in [2.24, 2.45) is 0 Å². The van der Waals surface area contributed by atoms with Gasteiger partial charge in [0.25, 0.3) is 0 Å². The first-order valence-corrected chi connectivity index (χ1v) is 7.97. The molecule has 2 unspecified atom stereocenters. The molecule has 1 aromatic carbocycles. The van der Waals surface area contributed by atoms with E-state index in [2.05, 4.69) is 12.2 Å². The van der Waals surface area contributed by atoms with Gasteiger partial charge in [-0.2, -0.15) is 0 Å². The van der Waals surface area contributed by atoms with E-state index in [1.165, 1.54) is 25.0 Å². The maximum Gasteiger partial charge on any atom is 0.126 e. The Morgan fingerprint density at radius 1 is 1.29 bits per heavy atom. The van der Waals surface area contributed by atoms with Crippen molar-refractivity contribution in [3.05, 3.63) is 35.4 Å². The largest absolute Gasteiger partial charge is 0.378 e. The molecule has 4 heteroatoms. The summed E-state index contributed by atoms with van der Waals surface area (Å²) in [7, 11) is 0. The van der Waals surface area contributed by atoms with Gasteiger partial charge in [0.1, 0.15) is 11.6 Å².